The lowest BCUT2D eigenvalue weighted by molar-refractivity contribution is 0.0855. The van der Waals surface area contributed by atoms with Crippen LogP contribution in [0, 0.1) is 11.3 Å². The van der Waals surface area contributed by atoms with Crippen LogP contribution in [-0.2, 0) is 4.74 Å². The second kappa shape index (κ2) is 6.12. The number of nitriles is 1. The maximum Gasteiger partial charge on any atom is 0.186 e. The molecule has 1 aromatic carbocycles. The summed E-state index contributed by atoms with van der Waals surface area (Å²) in [5.74, 6) is 0. The molecule has 0 saturated carbocycles. The highest BCUT2D eigenvalue weighted by Gasteiger charge is 2.11. The first-order valence-electron chi connectivity index (χ1n) is 6.27. The summed E-state index contributed by atoms with van der Waals surface area (Å²) < 4.78 is 5.47. The number of hydrogen-bond acceptors (Lipinski definition) is 5. The van der Waals surface area contributed by atoms with Crippen LogP contribution in [0.1, 0.15) is 19.5 Å². The molecule has 2 aromatic rings. The topological polar surface area (TPSA) is 70.8 Å². The summed E-state index contributed by atoms with van der Waals surface area (Å²) in [6, 6.07) is 9.69. The maximum atomic E-state index is 9.12. The molecule has 1 N–H and O–H groups in total. The number of fused-ring (bicyclic) bond motifs is 1. The Morgan fingerprint density at radius 3 is 2.89 bits per heavy atom. The largest absolute Gasteiger partial charge is 0.379 e. The summed E-state index contributed by atoms with van der Waals surface area (Å²) >= 11 is 0. The number of aromatic nitrogens is 2. The predicted molar refractivity (Wildman–Crippen MR) is 73.8 cm³/mol. The molecule has 0 amide bonds. The minimum Gasteiger partial charge on any atom is -0.379 e. The van der Waals surface area contributed by atoms with Crippen LogP contribution in [0.5, 0.6) is 0 Å². The molecule has 1 aromatic heterocycles. The molecule has 0 spiro atoms. The number of rotatable bonds is 5. The highest BCUT2D eigenvalue weighted by atomic mass is 16.5. The van der Waals surface area contributed by atoms with Gasteiger partial charge in [-0.1, -0.05) is 18.2 Å². The van der Waals surface area contributed by atoms with E-state index in [1.54, 1.807) is 0 Å². The van der Waals surface area contributed by atoms with Crippen molar-refractivity contribution < 1.29 is 4.74 Å². The predicted octanol–water partition coefficient (Wildman–Crippen LogP) is 2.34. The summed E-state index contributed by atoms with van der Waals surface area (Å²) in [6.07, 6.45) is 0.0727. The van der Waals surface area contributed by atoms with Crippen LogP contribution < -0.4 is 5.32 Å². The van der Waals surface area contributed by atoms with Gasteiger partial charge in [0, 0.05) is 18.5 Å². The van der Waals surface area contributed by atoms with Crippen LogP contribution in [0.3, 0.4) is 0 Å². The quantitative estimate of drug-likeness (QED) is 0.889. The van der Waals surface area contributed by atoms with Gasteiger partial charge in [-0.05, 0) is 19.9 Å². The van der Waals surface area contributed by atoms with Crippen molar-refractivity contribution in [3.63, 3.8) is 0 Å². The van der Waals surface area contributed by atoms with Crippen LogP contribution >= 0.6 is 0 Å². The maximum absolute atomic E-state index is 9.12. The molecule has 1 heterocycles. The zero-order valence-corrected chi connectivity index (χ0v) is 11.1. The van der Waals surface area contributed by atoms with E-state index in [-0.39, 0.29) is 6.10 Å². The summed E-state index contributed by atoms with van der Waals surface area (Å²) in [7, 11) is 0. The molecular formula is C14H16N4O. The monoisotopic (exact) mass is 256 g/mol. The van der Waals surface area contributed by atoms with Crippen molar-refractivity contribution in [1.29, 1.82) is 5.26 Å². The lowest BCUT2D eigenvalue weighted by Crippen LogP contribution is -2.20. The van der Waals surface area contributed by atoms with Gasteiger partial charge < -0.3 is 10.1 Å². The highest BCUT2D eigenvalue weighted by molar-refractivity contribution is 5.92. The number of benzene rings is 1. The average molecular weight is 256 g/mol. The molecule has 0 aliphatic carbocycles. The fraction of sp³-hybridized carbons (Fsp3) is 0.357. The van der Waals surface area contributed by atoms with Gasteiger partial charge in [-0.3, -0.25) is 0 Å². The first-order valence-corrected chi connectivity index (χ1v) is 6.27. The smallest absolute Gasteiger partial charge is 0.186 e. The van der Waals surface area contributed by atoms with Gasteiger partial charge in [-0.15, -0.1) is 10.2 Å². The number of nitrogens with one attached hydrogen (secondary N) is 1. The normalized spacial score (nSPS) is 12.1. The zero-order chi connectivity index (χ0) is 13.7. The standard InChI is InChI=1S/C14H16N4O/c1-3-19-10(2)9-16-14-11-6-4-5-7-12(11)17-18-13(14)8-15/h4-7,10H,3,9H2,1-2H3,(H,16,17). The lowest BCUT2D eigenvalue weighted by atomic mass is 10.1. The summed E-state index contributed by atoms with van der Waals surface area (Å²) in [6.45, 7) is 5.24. The van der Waals surface area contributed by atoms with Gasteiger partial charge in [0.25, 0.3) is 0 Å². The Hall–Kier alpha value is -2.19. The molecule has 1 unspecified atom stereocenters. The highest BCUT2D eigenvalue weighted by Crippen LogP contribution is 2.23. The second-order valence-electron chi connectivity index (χ2n) is 4.20. The number of hydrogen-bond donors (Lipinski definition) is 1. The minimum absolute atomic E-state index is 0.0727. The first kappa shape index (κ1) is 13.2. The van der Waals surface area contributed by atoms with Crippen LogP contribution in [0.15, 0.2) is 24.3 Å². The third-order valence-electron chi connectivity index (χ3n) is 2.79. The van der Waals surface area contributed by atoms with Crippen molar-refractivity contribution in [3.8, 4) is 6.07 Å². The van der Waals surface area contributed by atoms with Crippen LogP contribution in [0.4, 0.5) is 5.69 Å². The van der Waals surface area contributed by atoms with Crippen molar-refractivity contribution in [1.82, 2.24) is 10.2 Å². The molecule has 5 nitrogen and oxygen atoms in total. The van der Waals surface area contributed by atoms with Crippen LogP contribution in [-0.4, -0.2) is 29.5 Å². The molecule has 98 valence electrons. The van der Waals surface area contributed by atoms with Crippen molar-refractivity contribution in [2.24, 2.45) is 0 Å². The number of ether oxygens (including phenoxy) is 1. The molecule has 5 heteroatoms. The molecule has 19 heavy (non-hydrogen) atoms. The van der Waals surface area contributed by atoms with Gasteiger partial charge in [-0.2, -0.15) is 5.26 Å². The van der Waals surface area contributed by atoms with Crippen molar-refractivity contribution in [3.05, 3.63) is 30.0 Å². The molecule has 0 bridgehead atoms. The second-order valence-corrected chi connectivity index (χ2v) is 4.20. The fourth-order valence-electron chi connectivity index (χ4n) is 1.90. The zero-order valence-electron chi connectivity index (χ0n) is 11.1. The average Bonchev–Trinajstić information content (AvgIpc) is 2.44. The Balaban J connectivity index is 2.32. The van der Waals surface area contributed by atoms with Crippen LogP contribution in [0.25, 0.3) is 10.9 Å². The molecule has 0 aliphatic rings. The van der Waals surface area contributed by atoms with Crippen LogP contribution in [0.2, 0.25) is 0 Å². The van der Waals surface area contributed by atoms with E-state index < -0.39 is 0 Å². The SMILES string of the molecule is CCOC(C)CNc1c(C#N)nnc2ccccc12. The van der Waals surface area contributed by atoms with E-state index in [2.05, 4.69) is 21.6 Å². The Labute approximate surface area is 112 Å². The molecule has 0 saturated heterocycles. The lowest BCUT2D eigenvalue weighted by Gasteiger charge is -2.15. The summed E-state index contributed by atoms with van der Waals surface area (Å²) in [5, 5.41) is 21.2. The third-order valence-corrected chi connectivity index (χ3v) is 2.79. The Bertz CT molecular complexity index is 606. The fourth-order valence-corrected chi connectivity index (χ4v) is 1.90. The van der Waals surface area contributed by atoms with Gasteiger partial charge in [0.2, 0.25) is 0 Å². The molecule has 1 atom stereocenters. The number of nitrogens with zero attached hydrogens (tertiary/aromatic N) is 3. The first-order chi connectivity index (χ1) is 9.26. The molecule has 0 fully saturated rings. The van der Waals surface area contributed by atoms with E-state index in [9.17, 15) is 0 Å². The van der Waals surface area contributed by atoms with E-state index in [1.807, 2.05) is 38.1 Å². The van der Waals surface area contributed by atoms with E-state index in [1.165, 1.54) is 0 Å². The van der Waals surface area contributed by atoms with Gasteiger partial charge in [0.1, 0.15) is 6.07 Å². The van der Waals surface area contributed by atoms with E-state index in [0.717, 1.165) is 16.6 Å². The van der Waals surface area contributed by atoms with E-state index >= 15 is 0 Å². The molecule has 0 aliphatic heterocycles. The Kier molecular flexibility index (Phi) is 4.26. The minimum atomic E-state index is 0.0727. The van der Waals surface area contributed by atoms with Gasteiger partial charge >= 0.3 is 0 Å². The van der Waals surface area contributed by atoms with Crippen molar-refractivity contribution in [2.75, 3.05) is 18.5 Å². The Morgan fingerprint density at radius 1 is 1.37 bits per heavy atom. The van der Waals surface area contributed by atoms with E-state index in [0.29, 0.717) is 18.8 Å². The summed E-state index contributed by atoms with van der Waals surface area (Å²) in [4.78, 5) is 0. The molecule has 0 radical (unpaired) electrons. The van der Waals surface area contributed by atoms with E-state index in [4.69, 9.17) is 10.00 Å². The van der Waals surface area contributed by atoms with Gasteiger partial charge in [-0.25, -0.2) is 0 Å². The molecule has 2 rings (SSSR count). The van der Waals surface area contributed by atoms with Crippen molar-refractivity contribution >= 4 is 16.6 Å². The van der Waals surface area contributed by atoms with Crippen molar-refractivity contribution in [2.45, 2.75) is 20.0 Å². The van der Waals surface area contributed by atoms with Gasteiger partial charge in [0.05, 0.1) is 17.3 Å². The summed E-state index contributed by atoms with van der Waals surface area (Å²) in [5.41, 5.74) is 1.80. The Morgan fingerprint density at radius 2 is 2.16 bits per heavy atom. The van der Waals surface area contributed by atoms with Gasteiger partial charge in [0.15, 0.2) is 5.69 Å². The third kappa shape index (κ3) is 2.98. The number of anilines is 1. The molecular weight excluding hydrogens is 240 g/mol.